The van der Waals surface area contributed by atoms with Crippen molar-refractivity contribution >= 4 is 52.2 Å². The van der Waals surface area contributed by atoms with Crippen molar-refractivity contribution in [1.29, 1.82) is 0 Å². The Kier molecular flexibility index (Phi) is 10.4. The van der Waals surface area contributed by atoms with Crippen molar-refractivity contribution < 1.29 is 19.1 Å². The van der Waals surface area contributed by atoms with Crippen LogP contribution in [-0.2, 0) is 4.79 Å². The Balaban J connectivity index is 2.10. The van der Waals surface area contributed by atoms with Crippen LogP contribution in [0.2, 0.25) is 5.02 Å². The summed E-state index contributed by atoms with van der Waals surface area (Å²) in [6, 6.07) is 9.41. The van der Waals surface area contributed by atoms with Crippen LogP contribution in [0.3, 0.4) is 0 Å². The van der Waals surface area contributed by atoms with Crippen molar-refractivity contribution in [2.75, 3.05) is 7.11 Å². The van der Waals surface area contributed by atoms with Crippen molar-refractivity contribution in [1.82, 2.24) is 10.7 Å². The predicted octanol–water partition coefficient (Wildman–Crippen LogP) is 5.04. The molecule has 33 heavy (non-hydrogen) atoms. The van der Waals surface area contributed by atoms with Gasteiger partial charge in [0.05, 0.1) is 23.0 Å². The zero-order valence-electron chi connectivity index (χ0n) is 19.3. The van der Waals surface area contributed by atoms with E-state index in [-0.39, 0.29) is 17.9 Å². The first-order valence-corrected chi connectivity index (χ1v) is 12.0. The molecule has 9 heteroatoms. The van der Waals surface area contributed by atoms with Gasteiger partial charge < -0.3 is 14.8 Å². The Hall–Kier alpha value is -2.33. The standard InChI is InChI=1S/C24H29ClIN3O4/c1-14(2)10-20(28-23(30)17-6-8-18(25)9-7-17)24(31)29-27-13-16-11-19(26)22(33-15(3)4)21(12-16)32-5/h6-9,11-15,20H,10H2,1-5H3,(H,28,30)(H,29,31)/b27-13+. The molecule has 2 aromatic rings. The lowest BCUT2D eigenvalue weighted by Gasteiger charge is -2.19. The minimum absolute atomic E-state index is 0.00666. The van der Waals surface area contributed by atoms with Crippen LogP contribution < -0.4 is 20.2 Å². The number of benzene rings is 2. The minimum Gasteiger partial charge on any atom is -0.493 e. The van der Waals surface area contributed by atoms with E-state index in [0.29, 0.717) is 28.5 Å². The summed E-state index contributed by atoms with van der Waals surface area (Å²) >= 11 is 8.05. The van der Waals surface area contributed by atoms with Gasteiger partial charge >= 0.3 is 0 Å². The lowest BCUT2D eigenvalue weighted by atomic mass is 10.0. The molecule has 2 rings (SSSR count). The number of amides is 2. The van der Waals surface area contributed by atoms with Crippen molar-refractivity contribution in [3.05, 3.63) is 56.1 Å². The van der Waals surface area contributed by atoms with Gasteiger partial charge in [-0.1, -0.05) is 25.4 Å². The number of carbonyl (C=O) groups is 2. The Morgan fingerprint density at radius 2 is 1.82 bits per heavy atom. The molecule has 0 spiro atoms. The van der Waals surface area contributed by atoms with Crippen LogP contribution in [0, 0.1) is 9.49 Å². The van der Waals surface area contributed by atoms with Gasteiger partial charge in [0.2, 0.25) is 0 Å². The van der Waals surface area contributed by atoms with Gasteiger partial charge in [-0.25, -0.2) is 5.43 Å². The molecule has 0 bridgehead atoms. The fourth-order valence-electron chi connectivity index (χ4n) is 2.96. The predicted molar refractivity (Wildman–Crippen MR) is 139 cm³/mol. The molecular weight excluding hydrogens is 557 g/mol. The second-order valence-corrected chi connectivity index (χ2v) is 9.70. The van der Waals surface area contributed by atoms with E-state index in [1.807, 2.05) is 33.8 Å². The molecule has 0 aliphatic rings. The van der Waals surface area contributed by atoms with Crippen LogP contribution >= 0.6 is 34.2 Å². The zero-order valence-corrected chi connectivity index (χ0v) is 22.2. The average Bonchev–Trinajstić information content (AvgIpc) is 2.74. The molecule has 1 unspecified atom stereocenters. The van der Waals surface area contributed by atoms with Crippen LogP contribution in [0.5, 0.6) is 11.5 Å². The maximum atomic E-state index is 12.7. The first-order chi connectivity index (χ1) is 15.6. The summed E-state index contributed by atoms with van der Waals surface area (Å²) in [5.74, 6) is 0.683. The molecule has 0 fully saturated rings. The van der Waals surface area contributed by atoms with E-state index in [9.17, 15) is 9.59 Å². The topological polar surface area (TPSA) is 89.0 Å². The lowest BCUT2D eigenvalue weighted by molar-refractivity contribution is -0.123. The third-order valence-corrected chi connectivity index (χ3v) is 5.48. The quantitative estimate of drug-likeness (QED) is 0.232. The molecule has 0 aliphatic heterocycles. The minimum atomic E-state index is -0.734. The number of hydrogen-bond donors (Lipinski definition) is 2. The van der Waals surface area contributed by atoms with Crippen molar-refractivity contribution in [3.8, 4) is 11.5 Å². The maximum absolute atomic E-state index is 12.7. The van der Waals surface area contributed by atoms with Gasteiger partial charge in [0, 0.05) is 10.6 Å². The van der Waals surface area contributed by atoms with Gasteiger partial charge in [0.1, 0.15) is 6.04 Å². The first kappa shape index (κ1) is 26.9. The number of methoxy groups -OCH3 is 1. The van der Waals surface area contributed by atoms with Gasteiger partial charge in [-0.2, -0.15) is 5.10 Å². The summed E-state index contributed by atoms with van der Waals surface area (Å²) in [5, 5.41) is 7.39. The van der Waals surface area contributed by atoms with Crippen LogP contribution in [0.15, 0.2) is 41.5 Å². The molecular formula is C24H29ClIN3O4. The summed E-state index contributed by atoms with van der Waals surface area (Å²) in [6.07, 6.45) is 2.00. The molecule has 1 atom stereocenters. The second kappa shape index (κ2) is 12.8. The molecule has 178 valence electrons. The highest BCUT2D eigenvalue weighted by molar-refractivity contribution is 14.1. The van der Waals surface area contributed by atoms with Crippen LogP contribution in [0.25, 0.3) is 0 Å². The molecule has 0 heterocycles. The van der Waals surface area contributed by atoms with E-state index in [2.05, 4.69) is 38.4 Å². The molecule has 0 aliphatic carbocycles. The Labute approximate surface area is 213 Å². The van der Waals surface area contributed by atoms with Gasteiger partial charge in [-0.15, -0.1) is 0 Å². The highest BCUT2D eigenvalue weighted by atomic mass is 127. The largest absolute Gasteiger partial charge is 0.493 e. The number of hydrogen-bond acceptors (Lipinski definition) is 5. The number of halogens is 2. The molecule has 0 saturated carbocycles. The second-order valence-electron chi connectivity index (χ2n) is 8.10. The fraction of sp³-hybridized carbons (Fsp3) is 0.375. The average molecular weight is 586 g/mol. The van der Waals surface area contributed by atoms with Gasteiger partial charge in [-0.05, 0) is 90.7 Å². The number of nitrogens with one attached hydrogen (secondary N) is 2. The highest BCUT2D eigenvalue weighted by Crippen LogP contribution is 2.34. The number of carbonyl (C=O) groups excluding carboxylic acids is 2. The Morgan fingerprint density at radius 3 is 2.39 bits per heavy atom. The Bertz CT molecular complexity index is 994. The molecule has 0 saturated heterocycles. The van der Waals surface area contributed by atoms with Crippen molar-refractivity contribution in [2.24, 2.45) is 11.0 Å². The van der Waals surface area contributed by atoms with Crippen LogP contribution in [0.4, 0.5) is 0 Å². The van der Waals surface area contributed by atoms with Crippen molar-refractivity contribution in [2.45, 2.75) is 46.3 Å². The van der Waals surface area contributed by atoms with E-state index in [4.69, 9.17) is 21.1 Å². The van der Waals surface area contributed by atoms with Crippen molar-refractivity contribution in [3.63, 3.8) is 0 Å². The number of ether oxygens (including phenoxy) is 2. The molecule has 7 nitrogen and oxygen atoms in total. The van der Waals surface area contributed by atoms with E-state index < -0.39 is 11.9 Å². The third kappa shape index (κ3) is 8.51. The number of nitrogens with zero attached hydrogens (tertiary/aromatic N) is 1. The van der Waals surface area contributed by atoms with E-state index in [0.717, 1.165) is 9.13 Å². The first-order valence-electron chi connectivity index (χ1n) is 10.5. The van der Waals surface area contributed by atoms with Gasteiger partial charge in [0.25, 0.3) is 11.8 Å². The van der Waals surface area contributed by atoms with E-state index in [1.165, 1.54) is 6.21 Å². The summed E-state index contributed by atoms with van der Waals surface area (Å²) in [4.78, 5) is 25.3. The molecule has 0 aromatic heterocycles. The fourth-order valence-corrected chi connectivity index (χ4v) is 3.84. The van der Waals surface area contributed by atoms with Crippen LogP contribution in [0.1, 0.15) is 50.0 Å². The Morgan fingerprint density at radius 1 is 1.15 bits per heavy atom. The maximum Gasteiger partial charge on any atom is 0.262 e. The summed E-state index contributed by atoms with van der Waals surface area (Å²) in [5.41, 5.74) is 3.69. The van der Waals surface area contributed by atoms with E-state index >= 15 is 0 Å². The summed E-state index contributed by atoms with van der Waals surface area (Å²) in [6.45, 7) is 7.85. The van der Waals surface area contributed by atoms with Gasteiger partial charge in [0.15, 0.2) is 11.5 Å². The number of hydrazone groups is 1. The third-order valence-electron chi connectivity index (χ3n) is 4.43. The molecule has 2 aromatic carbocycles. The molecule has 2 amide bonds. The highest BCUT2D eigenvalue weighted by Gasteiger charge is 2.22. The summed E-state index contributed by atoms with van der Waals surface area (Å²) in [7, 11) is 1.57. The summed E-state index contributed by atoms with van der Waals surface area (Å²) < 4.78 is 12.1. The van der Waals surface area contributed by atoms with Gasteiger partial charge in [-0.3, -0.25) is 9.59 Å². The zero-order chi connectivity index (χ0) is 24.5. The monoisotopic (exact) mass is 585 g/mol. The van der Waals surface area contributed by atoms with E-state index in [1.54, 1.807) is 37.4 Å². The normalized spacial score (nSPS) is 12.2. The smallest absolute Gasteiger partial charge is 0.262 e. The SMILES string of the molecule is COc1cc(/C=N/NC(=O)C(CC(C)C)NC(=O)c2ccc(Cl)cc2)cc(I)c1OC(C)C. The molecule has 2 N–H and O–H groups in total. The molecule has 0 radical (unpaired) electrons. The lowest BCUT2D eigenvalue weighted by Crippen LogP contribution is -2.46. The number of rotatable bonds is 10. The van der Waals surface area contributed by atoms with Crippen LogP contribution in [-0.4, -0.2) is 37.3 Å².